The Bertz CT molecular complexity index is 454. The molecule has 4 nitrogen and oxygen atoms in total. The van der Waals surface area contributed by atoms with Crippen molar-refractivity contribution in [3.8, 4) is 0 Å². The van der Waals surface area contributed by atoms with Crippen LogP contribution in [0.25, 0.3) is 0 Å². The van der Waals surface area contributed by atoms with Gasteiger partial charge in [0.2, 0.25) is 5.91 Å². The summed E-state index contributed by atoms with van der Waals surface area (Å²) in [4.78, 5) is 25.0. The van der Waals surface area contributed by atoms with Crippen molar-refractivity contribution in [2.45, 2.75) is 38.8 Å². The molecule has 1 aromatic rings. The Morgan fingerprint density at radius 1 is 1.32 bits per heavy atom. The van der Waals surface area contributed by atoms with E-state index in [-0.39, 0.29) is 11.8 Å². The van der Waals surface area contributed by atoms with Crippen LogP contribution in [0.15, 0.2) is 30.3 Å². The molecule has 0 heterocycles. The second kappa shape index (κ2) is 5.87. The first-order valence-electron chi connectivity index (χ1n) is 6.67. The Labute approximate surface area is 113 Å². The molecule has 0 saturated heterocycles. The van der Waals surface area contributed by atoms with E-state index >= 15 is 0 Å². The van der Waals surface area contributed by atoms with Gasteiger partial charge in [-0.1, -0.05) is 36.8 Å². The first-order chi connectivity index (χ1) is 9.09. The number of nitrogens with zero attached hydrogens (tertiary/aromatic N) is 1. The number of amides is 1. The van der Waals surface area contributed by atoms with E-state index in [0.29, 0.717) is 6.54 Å². The smallest absolute Gasteiger partial charge is 0.326 e. The highest BCUT2D eigenvalue weighted by atomic mass is 16.4. The number of benzene rings is 1. The Balaban J connectivity index is 2.14. The topological polar surface area (TPSA) is 57.6 Å². The Hall–Kier alpha value is -1.84. The van der Waals surface area contributed by atoms with E-state index in [4.69, 9.17) is 5.11 Å². The SMILES string of the molecule is C[C@@H](C(=O)O)N(Cc1ccccc1)C(=O)C1CCC1. The first kappa shape index (κ1) is 13.6. The lowest BCUT2D eigenvalue weighted by atomic mass is 9.84. The minimum Gasteiger partial charge on any atom is -0.480 e. The number of carbonyl (C=O) groups is 2. The highest BCUT2D eigenvalue weighted by Crippen LogP contribution is 2.29. The van der Waals surface area contributed by atoms with Gasteiger partial charge in [-0.3, -0.25) is 4.79 Å². The summed E-state index contributed by atoms with van der Waals surface area (Å²) in [6.07, 6.45) is 2.84. The van der Waals surface area contributed by atoms with Gasteiger partial charge in [-0.2, -0.15) is 0 Å². The van der Waals surface area contributed by atoms with Gasteiger partial charge in [0.1, 0.15) is 6.04 Å². The van der Waals surface area contributed by atoms with E-state index in [2.05, 4.69) is 0 Å². The van der Waals surface area contributed by atoms with Gasteiger partial charge in [0.05, 0.1) is 0 Å². The molecule has 1 saturated carbocycles. The maximum absolute atomic E-state index is 12.3. The molecule has 1 aliphatic carbocycles. The largest absolute Gasteiger partial charge is 0.480 e. The zero-order chi connectivity index (χ0) is 13.8. The molecule has 102 valence electrons. The van der Waals surface area contributed by atoms with Crippen molar-refractivity contribution in [2.75, 3.05) is 0 Å². The fourth-order valence-corrected chi connectivity index (χ4v) is 2.21. The average molecular weight is 261 g/mol. The molecule has 1 aliphatic rings. The molecule has 0 aromatic heterocycles. The molecule has 0 aliphatic heterocycles. The summed E-state index contributed by atoms with van der Waals surface area (Å²) >= 11 is 0. The van der Waals surface area contributed by atoms with Crippen LogP contribution in [-0.2, 0) is 16.1 Å². The minimum atomic E-state index is -0.955. The van der Waals surface area contributed by atoms with Crippen molar-refractivity contribution in [1.29, 1.82) is 0 Å². The monoisotopic (exact) mass is 261 g/mol. The second-order valence-corrected chi connectivity index (χ2v) is 5.09. The summed E-state index contributed by atoms with van der Waals surface area (Å²) < 4.78 is 0. The van der Waals surface area contributed by atoms with Gasteiger partial charge in [0.25, 0.3) is 0 Å². The van der Waals surface area contributed by atoms with Crippen LogP contribution >= 0.6 is 0 Å². The Kier molecular flexibility index (Phi) is 4.20. The van der Waals surface area contributed by atoms with Crippen molar-refractivity contribution in [3.63, 3.8) is 0 Å². The molecular formula is C15H19NO3. The molecule has 1 amide bonds. The molecule has 1 aromatic carbocycles. The van der Waals surface area contributed by atoms with Gasteiger partial charge in [0, 0.05) is 12.5 Å². The third-order valence-electron chi connectivity index (χ3n) is 3.76. The Morgan fingerprint density at radius 3 is 2.42 bits per heavy atom. The molecule has 0 unspecified atom stereocenters. The predicted molar refractivity (Wildman–Crippen MR) is 71.4 cm³/mol. The van der Waals surface area contributed by atoms with Gasteiger partial charge in [-0.25, -0.2) is 4.79 Å². The minimum absolute atomic E-state index is 0.0190. The number of carboxylic acid groups (broad SMARTS) is 1. The highest BCUT2D eigenvalue weighted by molar-refractivity contribution is 5.85. The van der Waals surface area contributed by atoms with Crippen LogP contribution in [0.4, 0.5) is 0 Å². The lowest BCUT2D eigenvalue weighted by Crippen LogP contribution is -2.46. The molecule has 19 heavy (non-hydrogen) atoms. The van der Waals surface area contributed by atoms with Crippen molar-refractivity contribution >= 4 is 11.9 Å². The standard InChI is InChI=1S/C15H19NO3/c1-11(15(18)19)16(14(17)13-8-5-9-13)10-12-6-3-2-4-7-12/h2-4,6-7,11,13H,5,8-10H2,1H3,(H,18,19)/t11-/m0/s1. The van der Waals surface area contributed by atoms with Crippen LogP contribution in [0, 0.1) is 5.92 Å². The molecule has 1 fully saturated rings. The van der Waals surface area contributed by atoms with E-state index in [1.54, 1.807) is 6.92 Å². The molecule has 2 rings (SSSR count). The van der Waals surface area contributed by atoms with Crippen LogP contribution in [0.3, 0.4) is 0 Å². The Morgan fingerprint density at radius 2 is 1.95 bits per heavy atom. The summed E-state index contributed by atoms with van der Waals surface area (Å²) in [7, 11) is 0. The summed E-state index contributed by atoms with van der Waals surface area (Å²) in [5.74, 6) is -0.959. The third-order valence-corrected chi connectivity index (χ3v) is 3.76. The zero-order valence-corrected chi connectivity index (χ0v) is 11.1. The predicted octanol–water partition coefficient (Wildman–Crippen LogP) is 2.29. The fourth-order valence-electron chi connectivity index (χ4n) is 2.21. The molecule has 1 N–H and O–H groups in total. The van der Waals surface area contributed by atoms with Crippen molar-refractivity contribution in [3.05, 3.63) is 35.9 Å². The molecule has 0 bridgehead atoms. The normalized spacial score (nSPS) is 16.5. The number of rotatable bonds is 5. The quantitative estimate of drug-likeness (QED) is 0.884. The molecule has 0 spiro atoms. The molecule has 1 atom stereocenters. The summed E-state index contributed by atoms with van der Waals surface area (Å²) in [6.45, 7) is 1.94. The summed E-state index contributed by atoms with van der Waals surface area (Å²) in [5.41, 5.74) is 0.961. The van der Waals surface area contributed by atoms with Gasteiger partial charge < -0.3 is 10.0 Å². The van der Waals surface area contributed by atoms with Crippen LogP contribution in [0.2, 0.25) is 0 Å². The summed E-state index contributed by atoms with van der Waals surface area (Å²) in [6, 6.07) is 8.74. The van der Waals surface area contributed by atoms with Crippen LogP contribution < -0.4 is 0 Å². The van der Waals surface area contributed by atoms with Gasteiger partial charge >= 0.3 is 5.97 Å². The average Bonchev–Trinajstić information content (AvgIpc) is 2.34. The molecular weight excluding hydrogens is 242 g/mol. The van der Waals surface area contributed by atoms with Gasteiger partial charge in [0.15, 0.2) is 0 Å². The van der Waals surface area contributed by atoms with Crippen LogP contribution in [0.1, 0.15) is 31.7 Å². The molecule has 4 heteroatoms. The van der Waals surface area contributed by atoms with E-state index in [9.17, 15) is 9.59 Å². The number of aliphatic carboxylic acids is 1. The number of hydrogen-bond acceptors (Lipinski definition) is 2. The lowest BCUT2D eigenvalue weighted by Gasteiger charge is -2.34. The zero-order valence-electron chi connectivity index (χ0n) is 11.1. The van der Waals surface area contributed by atoms with Crippen molar-refractivity contribution in [2.24, 2.45) is 5.92 Å². The van der Waals surface area contributed by atoms with E-state index in [1.165, 1.54) is 4.90 Å². The highest BCUT2D eigenvalue weighted by Gasteiger charge is 2.33. The maximum atomic E-state index is 12.3. The van der Waals surface area contributed by atoms with Crippen molar-refractivity contribution in [1.82, 2.24) is 4.90 Å². The van der Waals surface area contributed by atoms with Crippen molar-refractivity contribution < 1.29 is 14.7 Å². The lowest BCUT2D eigenvalue weighted by molar-refractivity contribution is -0.153. The third kappa shape index (κ3) is 3.13. The fraction of sp³-hybridized carbons (Fsp3) is 0.467. The van der Waals surface area contributed by atoms with Crippen LogP contribution in [0.5, 0.6) is 0 Å². The first-order valence-corrected chi connectivity index (χ1v) is 6.67. The van der Waals surface area contributed by atoms with E-state index < -0.39 is 12.0 Å². The van der Waals surface area contributed by atoms with E-state index in [0.717, 1.165) is 24.8 Å². The number of carboxylic acids is 1. The number of carbonyl (C=O) groups excluding carboxylic acids is 1. The summed E-state index contributed by atoms with van der Waals surface area (Å²) in [5, 5.41) is 9.16. The van der Waals surface area contributed by atoms with Gasteiger partial charge in [-0.15, -0.1) is 0 Å². The van der Waals surface area contributed by atoms with Crippen LogP contribution in [-0.4, -0.2) is 27.9 Å². The van der Waals surface area contributed by atoms with E-state index in [1.807, 2.05) is 30.3 Å². The second-order valence-electron chi connectivity index (χ2n) is 5.09. The van der Waals surface area contributed by atoms with Gasteiger partial charge in [-0.05, 0) is 25.3 Å². The maximum Gasteiger partial charge on any atom is 0.326 e. The number of hydrogen-bond donors (Lipinski definition) is 1. The molecule has 0 radical (unpaired) electrons.